The summed E-state index contributed by atoms with van der Waals surface area (Å²) in [5.74, 6) is -8.39. The monoisotopic (exact) mass is 189 g/mol. The van der Waals surface area contributed by atoms with Crippen LogP contribution in [0.25, 0.3) is 0 Å². The molecule has 0 bridgehead atoms. The predicted molar refractivity (Wildman–Crippen MR) is 35.1 cm³/mol. The molecule has 0 unspecified atom stereocenters. The smallest absolute Gasteiger partial charge is 0.251 e. The maximum absolute atomic E-state index is 12.4. The molecule has 0 atom stereocenters. The molecule has 0 saturated carbocycles. The van der Waals surface area contributed by atoms with Crippen LogP contribution in [0, 0.1) is 6.92 Å². The van der Waals surface area contributed by atoms with Crippen molar-refractivity contribution in [1.82, 2.24) is 0 Å². The van der Waals surface area contributed by atoms with Crippen LogP contribution in [0.15, 0.2) is 0 Å². The molecule has 0 aliphatic heterocycles. The van der Waals surface area contributed by atoms with Crippen molar-refractivity contribution in [3.63, 3.8) is 0 Å². The van der Waals surface area contributed by atoms with Crippen LogP contribution in [0.3, 0.4) is 0 Å². The topological polar surface area (TPSA) is 0 Å². The summed E-state index contributed by atoms with van der Waals surface area (Å²) >= 11 is 0. The summed E-state index contributed by atoms with van der Waals surface area (Å²) in [5.41, 5.74) is 0. The molecule has 0 nitrogen and oxygen atoms in total. The molecule has 5 heteroatoms. The van der Waals surface area contributed by atoms with Gasteiger partial charge in [0, 0.05) is 12.8 Å². The van der Waals surface area contributed by atoms with Gasteiger partial charge in [0.15, 0.2) is 0 Å². The number of halogens is 5. The fourth-order valence-electron chi connectivity index (χ4n) is 0.706. The van der Waals surface area contributed by atoms with Gasteiger partial charge >= 0.3 is 11.8 Å². The molecule has 0 aromatic rings. The van der Waals surface area contributed by atoms with Crippen molar-refractivity contribution in [2.45, 2.75) is 31.1 Å². The summed E-state index contributed by atoms with van der Waals surface area (Å²) in [6.07, 6.45) is -2.74. The van der Waals surface area contributed by atoms with Crippen molar-refractivity contribution in [2.75, 3.05) is 6.67 Å². The summed E-state index contributed by atoms with van der Waals surface area (Å²) in [6.45, 7) is 1.59. The highest BCUT2D eigenvalue weighted by Gasteiger charge is 2.54. The van der Waals surface area contributed by atoms with Crippen molar-refractivity contribution in [1.29, 1.82) is 0 Å². The zero-order valence-corrected chi connectivity index (χ0v) is 6.43. The average Bonchev–Trinajstić information content (AvgIpc) is 1.86. The number of rotatable bonds is 5. The third-order valence-corrected chi connectivity index (χ3v) is 1.43. The Balaban J connectivity index is 4.28. The van der Waals surface area contributed by atoms with Gasteiger partial charge in [-0.25, -0.2) is 0 Å². The fraction of sp³-hybridized carbons (Fsp3) is 0.857. The second kappa shape index (κ2) is 4.05. The van der Waals surface area contributed by atoms with Crippen LogP contribution in [-0.4, -0.2) is 18.5 Å². The van der Waals surface area contributed by atoms with Gasteiger partial charge in [0.05, 0.1) is 6.67 Å². The molecule has 0 amide bonds. The molecular weight excluding hydrogens is 179 g/mol. The Morgan fingerprint density at radius 2 is 1.33 bits per heavy atom. The van der Waals surface area contributed by atoms with E-state index in [1.54, 1.807) is 0 Å². The van der Waals surface area contributed by atoms with Crippen LogP contribution in [0.5, 0.6) is 0 Å². The van der Waals surface area contributed by atoms with Gasteiger partial charge in [-0.1, -0.05) is 6.92 Å². The zero-order valence-electron chi connectivity index (χ0n) is 6.43. The highest BCUT2D eigenvalue weighted by molar-refractivity contribution is 4.84. The van der Waals surface area contributed by atoms with Gasteiger partial charge in [-0.2, -0.15) is 17.6 Å². The lowest BCUT2D eigenvalue weighted by molar-refractivity contribution is -0.215. The first-order valence-electron chi connectivity index (χ1n) is 3.48. The number of hydrogen-bond acceptors (Lipinski definition) is 0. The van der Waals surface area contributed by atoms with E-state index >= 15 is 0 Å². The number of hydrogen-bond donors (Lipinski definition) is 0. The quantitative estimate of drug-likeness (QED) is 0.582. The lowest BCUT2D eigenvalue weighted by atomic mass is 10.0. The zero-order chi connectivity index (χ0) is 9.83. The first-order valence-corrected chi connectivity index (χ1v) is 3.48. The van der Waals surface area contributed by atoms with Gasteiger partial charge in [-0.15, -0.1) is 0 Å². The Morgan fingerprint density at radius 3 is 1.67 bits per heavy atom. The molecule has 0 aliphatic rings. The molecule has 0 saturated heterocycles. The molecule has 0 aliphatic carbocycles. The van der Waals surface area contributed by atoms with E-state index in [1.165, 1.54) is 0 Å². The molecule has 0 rings (SSSR count). The van der Waals surface area contributed by atoms with E-state index in [1.807, 2.05) is 0 Å². The van der Waals surface area contributed by atoms with Gasteiger partial charge < -0.3 is 0 Å². The van der Waals surface area contributed by atoms with Crippen molar-refractivity contribution in [3.8, 4) is 0 Å². The van der Waals surface area contributed by atoms with Crippen molar-refractivity contribution >= 4 is 0 Å². The standard InChI is InChI=1S/C7H10F5/c1-2-3-6(9,10)7(11,12)4-5-8/h1-5H2. The average molecular weight is 189 g/mol. The Kier molecular flexibility index (Phi) is 3.93. The van der Waals surface area contributed by atoms with Crippen molar-refractivity contribution in [2.24, 2.45) is 0 Å². The lowest BCUT2D eigenvalue weighted by Gasteiger charge is -2.25. The van der Waals surface area contributed by atoms with Crippen LogP contribution in [0.2, 0.25) is 0 Å². The highest BCUT2D eigenvalue weighted by Crippen LogP contribution is 2.40. The van der Waals surface area contributed by atoms with E-state index in [9.17, 15) is 22.0 Å². The van der Waals surface area contributed by atoms with Crippen LogP contribution < -0.4 is 0 Å². The Labute approximate surface area is 67.8 Å². The van der Waals surface area contributed by atoms with Gasteiger partial charge in [0.25, 0.3) is 0 Å². The van der Waals surface area contributed by atoms with Crippen LogP contribution in [-0.2, 0) is 0 Å². The second-order valence-electron chi connectivity index (χ2n) is 2.45. The molecule has 0 spiro atoms. The Hall–Kier alpha value is -0.350. The summed E-state index contributed by atoms with van der Waals surface area (Å²) in [4.78, 5) is 0. The maximum Gasteiger partial charge on any atom is 0.312 e. The van der Waals surface area contributed by atoms with Gasteiger partial charge in [-0.05, 0) is 6.42 Å². The highest BCUT2D eigenvalue weighted by atomic mass is 19.3. The minimum Gasteiger partial charge on any atom is -0.251 e. The minimum atomic E-state index is -4.25. The molecule has 0 aromatic heterocycles. The maximum atomic E-state index is 12.4. The first-order chi connectivity index (χ1) is 5.37. The van der Waals surface area contributed by atoms with Crippen molar-refractivity contribution in [3.05, 3.63) is 6.92 Å². The lowest BCUT2D eigenvalue weighted by Crippen LogP contribution is -2.40. The van der Waals surface area contributed by atoms with Gasteiger partial charge in [0.2, 0.25) is 0 Å². The van der Waals surface area contributed by atoms with Gasteiger partial charge in [-0.3, -0.25) is 4.39 Å². The summed E-state index contributed by atoms with van der Waals surface area (Å²) in [6, 6.07) is 0. The number of alkyl halides is 5. The SMILES string of the molecule is [CH2]CCC(F)(F)C(F)(F)CCF. The van der Waals surface area contributed by atoms with E-state index in [-0.39, 0.29) is 6.42 Å². The third kappa shape index (κ3) is 2.60. The van der Waals surface area contributed by atoms with Gasteiger partial charge in [0.1, 0.15) is 0 Å². The molecule has 0 aromatic carbocycles. The largest absolute Gasteiger partial charge is 0.312 e. The molecule has 1 radical (unpaired) electrons. The third-order valence-electron chi connectivity index (χ3n) is 1.43. The summed E-state index contributed by atoms with van der Waals surface area (Å²) < 4.78 is 61.0. The summed E-state index contributed by atoms with van der Waals surface area (Å²) in [7, 11) is 0. The van der Waals surface area contributed by atoms with E-state index < -0.39 is 31.4 Å². The Bertz CT molecular complexity index is 116. The van der Waals surface area contributed by atoms with Crippen LogP contribution in [0.1, 0.15) is 19.3 Å². The van der Waals surface area contributed by atoms with Crippen LogP contribution in [0.4, 0.5) is 22.0 Å². The van der Waals surface area contributed by atoms with E-state index in [0.717, 1.165) is 0 Å². The van der Waals surface area contributed by atoms with E-state index in [2.05, 4.69) is 6.92 Å². The summed E-state index contributed by atoms with van der Waals surface area (Å²) in [5, 5.41) is 0. The molecule has 73 valence electrons. The Morgan fingerprint density at radius 1 is 0.917 bits per heavy atom. The minimum absolute atomic E-state index is 0.297. The molecule has 12 heavy (non-hydrogen) atoms. The fourth-order valence-corrected chi connectivity index (χ4v) is 0.706. The van der Waals surface area contributed by atoms with Crippen molar-refractivity contribution < 1.29 is 22.0 Å². The molecular formula is C7H10F5. The van der Waals surface area contributed by atoms with E-state index in [0.29, 0.717) is 0 Å². The molecule has 0 heterocycles. The normalized spacial score (nSPS) is 13.5. The molecule has 0 fully saturated rings. The molecule has 0 N–H and O–H groups in total. The first kappa shape index (κ1) is 11.6. The predicted octanol–water partition coefficient (Wildman–Crippen LogP) is 3.23. The van der Waals surface area contributed by atoms with E-state index in [4.69, 9.17) is 0 Å². The second-order valence-corrected chi connectivity index (χ2v) is 2.45. The van der Waals surface area contributed by atoms with Crippen LogP contribution >= 0.6 is 0 Å².